The maximum Gasteiger partial charge on any atom is 0.494 e. The van der Waals surface area contributed by atoms with Gasteiger partial charge in [0.05, 0.1) is 29.8 Å². The van der Waals surface area contributed by atoms with Crippen molar-refractivity contribution in [2.24, 2.45) is 0 Å². The summed E-state index contributed by atoms with van der Waals surface area (Å²) >= 11 is 0. The molecule has 0 bridgehead atoms. The van der Waals surface area contributed by atoms with Crippen molar-refractivity contribution < 1.29 is 28.7 Å². The van der Waals surface area contributed by atoms with Crippen LogP contribution < -0.4 is 5.46 Å². The van der Waals surface area contributed by atoms with Crippen molar-refractivity contribution in [3.05, 3.63) is 35.9 Å². The quantitative estimate of drug-likeness (QED) is 0.762. The minimum Gasteiger partial charge on any atom is -0.481 e. The summed E-state index contributed by atoms with van der Waals surface area (Å²) in [5, 5.41) is 9.05. The summed E-state index contributed by atoms with van der Waals surface area (Å²) in [4.78, 5) is 11.0. The normalized spacial score (nSPS) is 28.0. The van der Waals surface area contributed by atoms with Crippen molar-refractivity contribution in [2.75, 3.05) is 0 Å². The zero-order valence-electron chi connectivity index (χ0n) is 18.1. The molecule has 0 spiro atoms. The van der Waals surface area contributed by atoms with E-state index in [1.165, 1.54) is 0 Å². The van der Waals surface area contributed by atoms with E-state index in [-0.39, 0.29) is 36.9 Å². The molecule has 29 heavy (non-hydrogen) atoms. The van der Waals surface area contributed by atoms with Gasteiger partial charge in [0.2, 0.25) is 0 Å². The van der Waals surface area contributed by atoms with Gasteiger partial charge in [0, 0.05) is 6.42 Å². The Balaban J connectivity index is 1.65. The molecule has 2 saturated heterocycles. The summed E-state index contributed by atoms with van der Waals surface area (Å²) < 4.78 is 23.8. The zero-order chi connectivity index (χ0) is 21.4. The molecular weight excluding hydrogens is 371 g/mol. The Hall–Kier alpha value is -1.67. The predicted molar refractivity (Wildman–Crippen MR) is 112 cm³/mol. The molecule has 1 aromatic rings. The first kappa shape index (κ1) is 22.0. The highest BCUT2D eigenvalue weighted by atomic mass is 16.7. The van der Waals surface area contributed by atoms with Gasteiger partial charge in [-0.2, -0.15) is 0 Å². The highest BCUT2D eigenvalue weighted by molar-refractivity contribution is 6.62. The van der Waals surface area contributed by atoms with E-state index >= 15 is 0 Å². The molecule has 0 aliphatic carbocycles. The average Bonchev–Trinajstić information content (AvgIpc) is 2.79. The summed E-state index contributed by atoms with van der Waals surface area (Å²) in [6, 6.07) is 8.03. The standard InChI is InChI=1S/C22H31BO6/c1-20(2)21(3,4)29-23(28-20)16-10-7-15(8-11-16)9-12-17-13-18(14-19(24)25)27-22(5,6)26-17/h7-12,17-18H,13-14H2,1-6H3,(H,24,25)/t17-,18-/m1/s1. The minimum absolute atomic E-state index is 0.0279. The molecule has 2 aliphatic heterocycles. The molecule has 7 heteroatoms. The molecule has 1 aromatic carbocycles. The van der Waals surface area contributed by atoms with E-state index in [0.717, 1.165) is 11.0 Å². The first-order valence-corrected chi connectivity index (χ1v) is 10.1. The van der Waals surface area contributed by atoms with E-state index in [9.17, 15) is 4.79 Å². The summed E-state index contributed by atoms with van der Waals surface area (Å²) in [5.74, 6) is -1.68. The van der Waals surface area contributed by atoms with Gasteiger partial charge < -0.3 is 23.9 Å². The van der Waals surface area contributed by atoms with Crippen LogP contribution in [0.25, 0.3) is 6.08 Å². The van der Waals surface area contributed by atoms with Crippen LogP contribution in [0.1, 0.15) is 59.9 Å². The van der Waals surface area contributed by atoms with Crippen LogP contribution in [0.5, 0.6) is 0 Å². The highest BCUT2D eigenvalue weighted by Gasteiger charge is 2.51. The number of hydrogen-bond acceptors (Lipinski definition) is 5. The molecule has 0 unspecified atom stereocenters. The zero-order valence-corrected chi connectivity index (χ0v) is 18.1. The molecule has 0 radical (unpaired) electrons. The second kappa shape index (κ2) is 7.87. The summed E-state index contributed by atoms with van der Waals surface area (Å²) in [6.45, 7) is 11.8. The largest absolute Gasteiger partial charge is 0.494 e. The fourth-order valence-electron chi connectivity index (χ4n) is 3.55. The van der Waals surface area contributed by atoms with Gasteiger partial charge in [-0.3, -0.25) is 4.79 Å². The first-order valence-electron chi connectivity index (χ1n) is 10.1. The van der Waals surface area contributed by atoms with Crippen molar-refractivity contribution in [3.8, 4) is 0 Å². The van der Waals surface area contributed by atoms with Crippen molar-refractivity contribution in [3.63, 3.8) is 0 Å². The molecule has 2 aliphatic rings. The lowest BCUT2D eigenvalue weighted by Gasteiger charge is -2.39. The van der Waals surface area contributed by atoms with Crippen molar-refractivity contribution in [1.29, 1.82) is 0 Å². The maximum absolute atomic E-state index is 11.0. The van der Waals surface area contributed by atoms with E-state index < -0.39 is 11.8 Å². The van der Waals surface area contributed by atoms with Crippen molar-refractivity contribution >= 4 is 24.6 Å². The molecule has 0 aromatic heterocycles. The Morgan fingerprint density at radius 3 is 2.21 bits per heavy atom. The van der Waals surface area contributed by atoms with Gasteiger partial charge in [-0.25, -0.2) is 0 Å². The van der Waals surface area contributed by atoms with Crippen molar-refractivity contribution in [2.45, 2.75) is 83.6 Å². The topological polar surface area (TPSA) is 74.2 Å². The molecule has 3 rings (SSSR count). The smallest absolute Gasteiger partial charge is 0.481 e. The molecule has 0 amide bonds. The van der Waals surface area contributed by atoms with Crippen LogP contribution in [-0.4, -0.2) is 47.4 Å². The van der Waals surface area contributed by atoms with E-state index in [2.05, 4.69) is 0 Å². The van der Waals surface area contributed by atoms with Gasteiger partial charge in [0.15, 0.2) is 5.79 Å². The molecule has 2 fully saturated rings. The van der Waals surface area contributed by atoms with Gasteiger partial charge in [-0.05, 0) is 52.6 Å². The van der Waals surface area contributed by atoms with Crippen LogP contribution in [0, 0.1) is 0 Å². The molecule has 6 nitrogen and oxygen atoms in total. The minimum atomic E-state index is -0.867. The second-order valence-electron chi connectivity index (χ2n) is 9.24. The average molecular weight is 402 g/mol. The number of hydrogen-bond donors (Lipinski definition) is 1. The first-order chi connectivity index (χ1) is 13.4. The third-order valence-electron chi connectivity index (χ3n) is 5.75. The lowest BCUT2D eigenvalue weighted by molar-refractivity contribution is -0.290. The maximum atomic E-state index is 11.0. The predicted octanol–water partition coefficient (Wildman–Crippen LogP) is 3.38. The SMILES string of the molecule is CC1(C)O[C@@H](CC(=O)O)C[C@@H](C=Cc2ccc(B3OC(C)(C)C(C)(C)O3)cc2)O1. The van der Waals surface area contributed by atoms with Gasteiger partial charge in [0.25, 0.3) is 0 Å². The molecule has 0 saturated carbocycles. The number of carbonyl (C=O) groups is 1. The van der Waals surface area contributed by atoms with Crippen molar-refractivity contribution in [1.82, 2.24) is 0 Å². The number of rotatable bonds is 5. The van der Waals surface area contributed by atoms with Crippen LogP contribution in [0.3, 0.4) is 0 Å². The van der Waals surface area contributed by atoms with Crippen LogP contribution in [0.4, 0.5) is 0 Å². The van der Waals surface area contributed by atoms with Gasteiger partial charge in [-0.1, -0.05) is 36.4 Å². The monoisotopic (exact) mass is 402 g/mol. The molecule has 2 heterocycles. The Bertz CT molecular complexity index is 752. The van der Waals surface area contributed by atoms with Crippen LogP contribution in [0.15, 0.2) is 30.3 Å². The number of aliphatic carboxylic acids is 1. The lowest BCUT2D eigenvalue weighted by Crippen LogP contribution is -2.44. The Morgan fingerprint density at radius 2 is 1.66 bits per heavy atom. The Labute approximate surface area is 173 Å². The van der Waals surface area contributed by atoms with E-state index in [1.54, 1.807) is 13.8 Å². The van der Waals surface area contributed by atoms with E-state index in [4.69, 9.17) is 23.9 Å². The molecular formula is C22H31BO6. The lowest BCUT2D eigenvalue weighted by atomic mass is 9.79. The van der Waals surface area contributed by atoms with Gasteiger partial charge >= 0.3 is 13.1 Å². The fourth-order valence-corrected chi connectivity index (χ4v) is 3.55. The molecule has 1 N–H and O–H groups in total. The van der Waals surface area contributed by atoms with Crippen LogP contribution >= 0.6 is 0 Å². The van der Waals surface area contributed by atoms with Gasteiger partial charge in [-0.15, -0.1) is 0 Å². The summed E-state index contributed by atoms with van der Waals surface area (Å²) in [7, 11) is -0.380. The van der Waals surface area contributed by atoms with Crippen LogP contribution in [0.2, 0.25) is 0 Å². The van der Waals surface area contributed by atoms with E-state index in [0.29, 0.717) is 6.42 Å². The van der Waals surface area contributed by atoms with E-state index in [1.807, 2.05) is 64.1 Å². The molecule has 2 atom stereocenters. The van der Waals surface area contributed by atoms with Gasteiger partial charge in [0.1, 0.15) is 0 Å². The Kier molecular flexibility index (Phi) is 5.98. The number of ether oxygens (including phenoxy) is 2. The fraction of sp³-hybridized carbons (Fsp3) is 0.591. The number of carboxylic acids is 1. The second-order valence-corrected chi connectivity index (χ2v) is 9.24. The van der Waals surface area contributed by atoms with Crippen LogP contribution in [-0.2, 0) is 23.6 Å². The molecule has 158 valence electrons. The summed E-state index contributed by atoms with van der Waals surface area (Å²) in [5.41, 5.74) is 1.27. The number of benzene rings is 1. The third-order valence-corrected chi connectivity index (χ3v) is 5.75. The highest BCUT2D eigenvalue weighted by Crippen LogP contribution is 2.36. The summed E-state index contributed by atoms with van der Waals surface area (Å²) in [6.07, 6.45) is 3.86. The Morgan fingerprint density at radius 1 is 1.07 bits per heavy atom. The third kappa shape index (κ3) is 5.28. The number of carboxylic acid groups (broad SMARTS) is 1.